The second-order valence-corrected chi connectivity index (χ2v) is 4.37. The van der Waals surface area contributed by atoms with Gasteiger partial charge in [-0.15, -0.1) is 0 Å². The Balaban J connectivity index is 2.33. The highest BCUT2D eigenvalue weighted by molar-refractivity contribution is 6.34. The molecule has 0 saturated heterocycles. The van der Waals surface area contributed by atoms with Crippen molar-refractivity contribution in [1.82, 2.24) is 4.98 Å². The molecule has 1 aromatic heterocycles. The fourth-order valence-electron chi connectivity index (χ4n) is 1.54. The van der Waals surface area contributed by atoms with Gasteiger partial charge in [0.15, 0.2) is 0 Å². The van der Waals surface area contributed by atoms with Gasteiger partial charge in [-0.05, 0) is 12.1 Å². The Kier molecular flexibility index (Phi) is 3.99. The molecule has 108 valence electrons. The van der Waals surface area contributed by atoms with E-state index in [1.807, 2.05) is 0 Å². The molecule has 3 N–H and O–H groups in total. The van der Waals surface area contributed by atoms with Gasteiger partial charge in [0.2, 0.25) is 0 Å². The van der Waals surface area contributed by atoms with Crippen LogP contribution in [0.25, 0.3) is 0 Å². The lowest BCUT2D eigenvalue weighted by atomic mass is 10.2. The van der Waals surface area contributed by atoms with Crippen LogP contribution in [-0.2, 0) is 0 Å². The summed E-state index contributed by atoms with van der Waals surface area (Å²) in [5.41, 5.74) is 5.05. The predicted molar refractivity (Wildman–Crippen MR) is 74.7 cm³/mol. The Bertz CT molecular complexity index is 738. The van der Waals surface area contributed by atoms with Crippen molar-refractivity contribution in [3.05, 3.63) is 57.0 Å². The summed E-state index contributed by atoms with van der Waals surface area (Å²) in [5.74, 6) is -1.68. The van der Waals surface area contributed by atoms with Gasteiger partial charge in [-0.1, -0.05) is 11.6 Å². The maximum Gasteiger partial charge on any atom is 0.271 e. The van der Waals surface area contributed by atoms with Crippen molar-refractivity contribution in [2.75, 3.05) is 11.1 Å². The maximum atomic E-state index is 13.1. The molecule has 21 heavy (non-hydrogen) atoms. The number of anilines is 2. The molecule has 0 aliphatic carbocycles. The third kappa shape index (κ3) is 3.23. The molecule has 9 heteroatoms. The van der Waals surface area contributed by atoms with Crippen molar-refractivity contribution in [2.45, 2.75) is 0 Å². The first-order valence-corrected chi connectivity index (χ1v) is 5.92. The largest absolute Gasteiger partial charge is 0.383 e. The average Bonchev–Trinajstić information content (AvgIpc) is 2.43. The first-order chi connectivity index (χ1) is 9.88. The quantitative estimate of drug-likeness (QED) is 0.668. The lowest BCUT2D eigenvalue weighted by Crippen LogP contribution is -2.15. The van der Waals surface area contributed by atoms with Gasteiger partial charge in [0.05, 0.1) is 27.4 Å². The van der Waals surface area contributed by atoms with Crippen LogP contribution in [0.3, 0.4) is 0 Å². The molecule has 0 fully saturated rings. The van der Waals surface area contributed by atoms with Crippen LogP contribution in [0, 0.1) is 15.9 Å². The molecule has 0 bridgehead atoms. The SMILES string of the molecule is Nc1ncc(F)cc1C(=O)Nc1cc([N+](=O)[O-])ccc1Cl. The van der Waals surface area contributed by atoms with E-state index in [-0.39, 0.29) is 27.8 Å². The lowest BCUT2D eigenvalue weighted by Gasteiger charge is -2.08. The number of amides is 1. The van der Waals surface area contributed by atoms with E-state index in [9.17, 15) is 19.3 Å². The Morgan fingerprint density at radius 3 is 2.81 bits per heavy atom. The van der Waals surface area contributed by atoms with E-state index in [1.165, 1.54) is 12.1 Å². The summed E-state index contributed by atoms with van der Waals surface area (Å²) in [6.45, 7) is 0. The highest BCUT2D eigenvalue weighted by Gasteiger charge is 2.16. The van der Waals surface area contributed by atoms with Gasteiger partial charge < -0.3 is 11.1 Å². The third-order valence-electron chi connectivity index (χ3n) is 2.54. The van der Waals surface area contributed by atoms with Gasteiger partial charge >= 0.3 is 0 Å². The Hall–Kier alpha value is -2.74. The smallest absolute Gasteiger partial charge is 0.271 e. The second-order valence-electron chi connectivity index (χ2n) is 3.96. The van der Waals surface area contributed by atoms with Crippen molar-refractivity contribution in [3.8, 4) is 0 Å². The van der Waals surface area contributed by atoms with E-state index < -0.39 is 16.6 Å². The number of hydrogen-bond donors (Lipinski definition) is 2. The number of aromatic nitrogens is 1. The first kappa shape index (κ1) is 14.7. The van der Waals surface area contributed by atoms with E-state index >= 15 is 0 Å². The Morgan fingerprint density at radius 1 is 1.43 bits per heavy atom. The molecular formula is C12H8ClFN4O3. The minimum atomic E-state index is -0.776. The average molecular weight is 311 g/mol. The monoisotopic (exact) mass is 310 g/mol. The molecule has 7 nitrogen and oxygen atoms in total. The lowest BCUT2D eigenvalue weighted by molar-refractivity contribution is -0.384. The van der Waals surface area contributed by atoms with Crippen LogP contribution >= 0.6 is 11.6 Å². The van der Waals surface area contributed by atoms with Crippen LogP contribution < -0.4 is 11.1 Å². The number of hydrogen-bond acceptors (Lipinski definition) is 5. The van der Waals surface area contributed by atoms with E-state index in [4.69, 9.17) is 17.3 Å². The summed E-state index contributed by atoms with van der Waals surface area (Å²) in [6, 6.07) is 4.45. The van der Waals surface area contributed by atoms with Crippen LogP contribution in [0.2, 0.25) is 5.02 Å². The summed E-state index contributed by atoms with van der Waals surface area (Å²) in [4.78, 5) is 25.6. The number of nitro groups is 1. The number of nitrogen functional groups attached to an aromatic ring is 1. The molecule has 0 aliphatic rings. The molecule has 1 aromatic carbocycles. The molecule has 1 heterocycles. The number of halogens is 2. The number of benzene rings is 1. The van der Waals surface area contributed by atoms with Gasteiger partial charge in [0.25, 0.3) is 11.6 Å². The zero-order valence-corrected chi connectivity index (χ0v) is 11.1. The van der Waals surface area contributed by atoms with Crippen molar-refractivity contribution >= 4 is 34.7 Å². The minimum Gasteiger partial charge on any atom is -0.383 e. The maximum absolute atomic E-state index is 13.1. The van der Waals surface area contributed by atoms with Crippen molar-refractivity contribution in [1.29, 1.82) is 0 Å². The predicted octanol–water partition coefficient (Wildman–Crippen LogP) is 2.62. The van der Waals surface area contributed by atoms with Crippen LogP contribution in [0.15, 0.2) is 30.5 Å². The number of carbonyl (C=O) groups excluding carboxylic acids is 1. The van der Waals surface area contributed by atoms with Crippen molar-refractivity contribution in [2.24, 2.45) is 0 Å². The highest BCUT2D eigenvalue weighted by Crippen LogP contribution is 2.27. The number of non-ortho nitro benzene ring substituents is 1. The number of nitro benzene ring substituents is 1. The van der Waals surface area contributed by atoms with Crippen LogP contribution in [-0.4, -0.2) is 15.8 Å². The first-order valence-electron chi connectivity index (χ1n) is 5.55. The number of pyridine rings is 1. The van der Waals surface area contributed by atoms with E-state index in [1.54, 1.807) is 0 Å². The number of carbonyl (C=O) groups is 1. The summed E-state index contributed by atoms with van der Waals surface area (Å²) in [7, 11) is 0. The summed E-state index contributed by atoms with van der Waals surface area (Å²) < 4.78 is 13.1. The van der Waals surface area contributed by atoms with Gasteiger partial charge in [-0.25, -0.2) is 9.37 Å². The molecule has 2 aromatic rings. The highest BCUT2D eigenvalue weighted by atomic mass is 35.5. The Morgan fingerprint density at radius 2 is 2.14 bits per heavy atom. The molecular weight excluding hydrogens is 303 g/mol. The molecule has 1 amide bonds. The second kappa shape index (κ2) is 5.71. The van der Waals surface area contributed by atoms with E-state index in [0.29, 0.717) is 0 Å². The summed E-state index contributed by atoms with van der Waals surface area (Å²) >= 11 is 5.85. The van der Waals surface area contributed by atoms with Crippen LogP contribution in [0.1, 0.15) is 10.4 Å². The van der Waals surface area contributed by atoms with E-state index in [2.05, 4.69) is 10.3 Å². The van der Waals surface area contributed by atoms with Gasteiger partial charge in [-0.2, -0.15) is 0 Å². The fraction of sp³-hybridized carbons (Fsp3) is 0. The Labute approximate surface area is 122 Å². The molecule has 2 rings (SSSR count). The van der Waals surface area contributed by atoms with E-state index in [0.717, 1.165) is 18.3 Å². The van der Waals surface area contributed by atoms with Crippen molar-refractivity contribution in [3.63, 3.8) is 0 Å². The van der Waals surface area contributed by atoms with Gasteiger partial charge in [-0.3, -0.25) is 14.9 Å². The fourth-order valence-corrected chi connectivity index (χ4v) is 1.71. The normalized spacial score (nSPS) is 10.2. The van der Waals surface area contributed by atoms with Crippen LogP contribution in [0.4, 0.5) is 21.6 Å². The molecule has 0 spiro atoms. The molecule has 0 aliphatic heterocycles. The number of rotatable bonds is 3. The standard InChI is InChI=1S/C12H8ClFN4O3/c13-9-2-1-7(18(20)21)4-10(9)17-12(19)8-3-6(14)5-16-11(8)15/h1-5H,(H2,15,16)(H,17,19). The minimum absolute atomic E-state index is 0.0135. The topological polar surface area (TPSA) is 111 Å². The molecule has 0 saturated carbocycles. The number of nitrogens with zero attached hydrogens (tertiary/aromatic N) is 2. The van der Waals surface area contributed by atoms with Crippen molar-refractivity contribution < 1.29 is 14.1 Å². The molecule has 0 unspecified atom stereocenters. The number of nitrogens with one attached hydrogen (secondary N) is 1. The third-order valence-corrected chi connectivity index (χ3v) is 2.87. The summed E-state index contributed by atoms with van der Waals surface area (Å²) in [5, 5.41) is 13.1. The summed E-state index contributed by atoms with van der Waals surface area (Å²) in [6.07, 6.45) is 0.868. The van der Waals surface area contributed by atoms with Gasteiger partial charge in [0, 0.05) is 12.1 Å². The molecule has 0 atom stereocenters. The zero-order valence-electron chi connectivity index (χ0n) is 10.3. The van der Waals surface area contributed by atoms with Gasteiger partial charge in [0.1, 0.15) is 11.6 Å². The zero-order chi connectivity index (χ0) is 15.6. The van der Waals surface area contributed by atoms with Crippen LogP contribution in [0.5, 0.6) is 0 Å². The molecule has 0 radical (unpaired) electrons. The number of nitrogens with two attached hydrogens (primary N) is 1.